The average Bonchev–Trinajstić information content (AvgIpc) is 3.13. The van der Waals surface area contributed by atoms with Crippen molar-refractivity contribution in [3.8, 4) is 0 Å². The van der Waals surface area contributed by atoms with Crippen LogP contribution in [0.2, 0.25) is 0 Å². The van der Waals surface area contributed by atoms with Crippen LogP contribution in [0, 0.1) is 6.92 Å². The third kappa shape index (κ3) is 4.84. The van der Waals surface area contributed by atoms with Crippen LogP contribution >= 0.6 is 11.8 Å². The Morgan fingerprint density at radius 2 is 1.69 bits per heavy atom. The minimum atomic E-state index is -0.471. The molecule has 0 saturated carbocycles. The van der Waals surface area contributed by atoms with Gasteiger partial charge in [0.2, 0.25) is 5.91 Å². The first-order valence-electron chi connectivity index (χ1n) is 10.1. The van der Waals surface area contributed by atoms with Gasteiger partial charge in [0.05, 0.1) is 5.37 Å². The van der Waals surface area contributed by atoms with Crippen molar-refractivity contribution in [3.05, 3.63) is 65.2 Å². The second-order valence-electron chi connectivity index (χ2n) is 8.61. The van der Waals surface area contributed by atoms with Gasteiger partial charge in [0.25, 0.3) is 5.91 Å². The fourth-order valence-electron chi connectivity index (χ4n) is 3.48. The molecule has 3 rings (SSSR count). The van der Waals surface area contributed by atoms with Crippen molar-refractivity contribution >= 4 is 29.3 Å². The van der Waals surface area contributed by atoms with Gasteiger partial charge in [-0.25, -0.2) is 0 Å². The van der Waals surface area contributed by atoms with E-state index >= 15 is 0 Å². The van der Waals surface area contributed by atoms with Gasteiger partial charge in [0.15, 0.2) is 0 Å². The lowest BCUT2D eigenvalue weighted by Gasteiger charge is -2.28. The molecule has 154 valence electrons. The monoisotopic (exact) mass is 410 g/mol. The Kier molecular flexibility index (Phi) is 6.37. The van der Waals surface area contributed by atoms with Gasteiger partial charge in [0.1, 0.15) is 6.04 Å². The van der Waals surface area contributed by atoms with Gasteiger partial charge in [-0.15, -0.1) is 11.8 Å². The Balaban J connectivity index is 1.80. The number of benzene rings is 2. The van der Waals surface area contributed by atoms with Gasteiger partial charge in [-0.05, 0) is 48.6 Å². The first kappa shape index (κ1) is 21.4. The molecule has 1 heterocycles. The summed E-state index contributed by atoms with van der Waals surface area (Å²) in [4.78, 5) is 28.1. The molecule has 4 nitrogen and oxygen atoms in total. The minimum absolute atomic E-state index is 0.0126. The summed E-state index contributed by atoms with van der Waals surface area (Å²) in [5.74, 6) is 0.408. The number of amides is 2. The van der Waals surface area contributed by atoms with Gasteiger partial charge in [-0.3, -0.25) is 9.59 Å². The standard InChI is InChI=1S/C24H30N2O2S/c1-6-21-26(23(28)17-9-11-18(12-10-17)24(3,4)5)20(15-29-21)22(27)25-19-13-7-16(2)8-14-19/h7-14,20-21H,6,15H2,1-5H3,(H,25,27). The van der Waals surface area contributed by atoms with E-state index in [1.54, 1.807) is 16.7 Å². The van der Waals surface area contributed by atoms with Crippen LogP contribution in [0.5, 0.6) is 0 Å². The van der Waals surface area contributed by atoms with Gasteiger partial charge in [-0.2, -0.15) is 0 Å². The number of anilines is 1. The van der Waals surface area contributed by atoms with Crippen LogP contribution in [0.4, 0.5) is 5.69 Å². The second-order valence-corrected chi connectivity index (χ2v) is 9.82. The van der Waals surface area contributed by atoms with Gasteiger partial charge in [0, 0.05) is 17.0 Å². The SMILES string of the molecule is CCC1SCC(C(=O)Nc2ccc(C)cc2)N1C(=O)c1ccc(C(C)(C)C)cc1. The Morgan fingerprint density at radius 1 is 1.07 bits per heavy atom. The summed E-state index contributed by atoms with van der Waals surface area (Å²) >= 11 is 1.67. The number of aryl methyl sites for hydroxylation is 1. The number of carbonyl (C=O) groups excluding carboxylic acids is 2. The van der Waals surface area contributed by atoms with Crippen molar-refractivity contribution in [2.24, 2.45) is 0 Å². The highest BCUT2D eigenvalue weighted by Gasteiger charge is 2.41. The maximum atomic E-state index is 13.3. The highest BCUT2D eigenvalue weighted by molar-refractivity contribution is 8.00. The lowest BCUT2D eigenvalue weighted by molar-refractivity contribution is -0.119. The number of rotatable bonds is 4. The number of hydrogen-bond donors (Lipinski definition) is 1. The number of hydrogen-bond acceptors (Lipinski definition) is 3. The van der Waals surface area contributed by atoms with E-state index in [2.05, 4.69) is 33.0 Å². The van der Waals surface area contributed by atoms with E-state index < -0.39 is 6.04 Å². The largest absolute Gasteiger partial charge is 0.324 e. The molecule has 29 heavy (non-hydrogen) atoms. The van der Waals surface area contributed by atoms with Crippen LogP contribution in [0.15, 0.2) is 48.5 Å². The molecular formula is C24H30N2O2S. The Hall–Kier alpha value is -2.27. The Bertz CT molecular complexity index is 869. The summed E-state index contributed by atoms with van der Waals surface area (Å²) in [5.41, 5.74) is 3.75. The topological polar surface area (TPSA) is 49.4 Å². The zero-order chi connectivity index (χ0) is 21.2. The molecule has 2 unspecified atom stereocenters. The molecule has 1 aliphatic rings. The van der Waals surface area contributed by atoms with E-state index in [1.807, 2.05) is 55.5 Å². The van der Waals surface area contributed by atoms with E-state index in [1.165, 1.54) is 5.56 Å². The summed E-state index contributed by atoms with van der Waals surface area (Å²) < 4.78 is 0. The fraction of sp³-hybridized carbons (Fsp3) is 0.417. The lowest BCUT2D eigenvalue weighted by atomic mass is 9.86. The van der Waals surface area contributed by atoms with Crippen LogP contribution in [0.25, 0.3) is 0 Å². The first-order valence-corrected chi connectivity index (χ1v) is 11.2. The van der Waals surface area contributed by atoms with Crippen molar-refractivity contribution in [2.75, 3.05) is 11.1 Å². The first-order chi connectivity index (χ1) is 13.7. The van der Waals surface area contributed by atoms with E-state index in [0.29, 0.717) is 11.3 Å². The molecule has 2 aromatic carbocycles. The molecule has 0 spiro atoms. The van der Waals surface area contributed by atoms with Gasteiger partial charge < -0.3 is 10.2 Å². The number of carbonyl (C=O) groups is 2. The van der Waals surface area contributed by atoms with E-state index in [4.69, 9.17) is 0 Å². The highest BCUT2D eigenvalue weighted by Crippen LogP contribution is 2.33. The van der Waals surface area contributed by atoms with E-state index in [0.717, 1.165) is 17.7 Å². The fourth-order valence-corrected chi connectivity index (χ4v) is 4.83. The molecule has 2 amide bonds. The van der Waals surface area contributed by atoms with Crippen LogP contribution in [-0.2, 0) is 10.2 Å². The number of thioether (sulfide) groups is 1. The van der Waals surface area contributed by atoms with Crippen LogP contribution in [0.1, 0.15) is 55.6 Å². The summed E-state index contributed by atoms with van der Waals surface area (Å²) in [6, 6.07) is 15.0. The maximum Gasteiger partial charge on any atom is 0.255 e. The molecule has 0 radical (unpaired) electrons. The smallest absolute Gasteiger partial charge is 0.255 e. The highest BCUT2D eigenvalue weighted by atomic mass is 32.2. The third-order valence-electron chi connectivity index (χ3n) is 5.30. The predicted octanol–water partition coefficient (Wildman–Crippen LogP) is 5.22. The molecule has 1 saturated heterocycles. The zero-order valence-corrected chi connectivity index (χ0v) is 18.7. The summed E-state index contributed by atoms with van der Waals surface area (Å²) in [7, 11) is 0. The lowest BCUT2D eigenvalue weighted by Crippen LogP contribution is -2.47. The minimum Gasteiger partial charge on any atom is -0.324 e. The van der Waals surface area contributed by atoms with Crippen LogP contribution < -0.4 is 5.32 Å². The molecule has 0 aliphatic carbocycles. The summed E-state index contributed by atoms with van der Waals surface area (Å²) in [6.45, 7) is 10.5. The van der Waals surface area contributed by atoms with Gasteiger partial charge in [-0.1, -0.05) is 57.5 Å². The van der Waals surface area contributed by atoms with E-state index in [9.17, 15) is 9.59 Å². The quantitative estimate of drug-likeness (QED) is 0.751. The van der Waals surface area contributed by atoms with Gasteiger partial charge >= 0.3 is 0 Å². The molecule has 1 aliphatic heterocycles. The third-order valence-corrected chi connectivity index (χ3v) is 6.75. The van der Waals surface area contributed by atoms with Crippen LogP contribution in [-0.4, -0.2) is 33.9 Å². The van der Waals surface area contributed by atoms with E-state index in [-0.39, 0.29) is 22.6 Å². The molecule has 1 fully saturated rings. The van der Waals surface area contributed by atoms with Crippen LogP contribution in [0.3, 0.4) is 0 Å². The molecular weight excluding hydrogens is 380 g/mol. The number of nitrogens with zero attached hydrogens (tertiary/aromatic N) is 1. The molecule has 2 aromatic rings. The van der Waals surface area contributed by atoms with Crippen molar-refractivity contribution in [1.82, 2.24) is 4.90 Å². The predicted molar refractivity (Wildman–Crippen MR) is 121 cm³/mol. The van der Waals surface area contributed by atoms with Crippen molar-refractivity contribution in [2.45, 2.75) is 57.9 Å². The summed E-state index contributed by atoms with van der Waals surface area (Å²) in [5, 5.41) is 2.99. The normalized spacial score (nSPS) is 19.3. The molecule has 1 N–H and O–H groups in total. The molecule has 0 bridgehead atoms. The Labute approximate surface area is 178 Å². The molecule has 2 atom stereocenters. The van der Waals surface area contributed by atoms with Crippen molar-refractivity contribution in [1.29, 1.82) is 0 Å². The second kappa shape index (κ2) is 8.62. The van der Waals surface area contributed by atoms with Crippen molar-refractivity contribution < 1.29 is 9.59 Å². The Morgan fingerprint density at radius 3 is 2.24 bits per heavy atom. The maximum absolute atomic E-state index is 13.3. The molecule has 0 aromatic heterocycles. The summed E-state index contributed by atoms with van der Waals surface area (Å²) in [6.07, 6.45) is 0.810. The average molecular weight is 411 g/mol. The number of nitrogens with one attached hydrogen (secondary N) is 1. The molecule has 5 heteroatoms. The zero-order valence-electron chi connectivity index (χ0n) is 17.9. The van der Waals surface area contributed by atoms with Crippen molar-refractivity contribution in [3.63, 3.8) is 0 Å².